The fourth-order valence-corrected chi connectivity index (χ4v) is 3.23. The Kier molecular flexibility index (Phi) is 5.14. The maximum Gasteiger partial charge on any atom is 0.305 e. The summed E-state index contributed by atoms with van der Waals surface area (Å²) in [6, 6.07) is 5.34. The summed E-state index contributed by atoms with van der Waals surface area (Å²) in [6.45, 7) is 5.95. The normalized spacial score (nSPS) is 20.4. The van der Waals surface area contributed by atoms with Crippen molar-refractivity contribution < 1.29 is 14.6 Å². The van der Waals surface area contributed by atoms with E-state index in [-0.39, 0.29) is 12.4 Å². The highest BCUT2D eigenvalue weighted by atomic mass is 35.5. The Hall–Kier alpha value is -2.18. The number of esters is 1. The number of aliphatic hydroxyl groups is 1. The molecule has 1 aromatic heterocycles. The van der Waals surface area contributed by atoms with Crippen LogP contribution in [0.4, 0.5) is 0 Å². The number of fused-ring (bicyclic) bond motifs is 1. The van der Waals surface area contributed by atoms with Crippen molar-refractivity contribution in [3.63, 3.8) is 0 Å². The summed E-state index contributed by atoms with van der Waals surface area (Å²) in [5.41, 5.74) is 1.55. The highest BCUT2D eigenvalue weighted by Crippen LogP contribution is 2.42. The minimum absolute atomic E-state index is 0.246. The van der Waals surface area contributed by atoms with Crippen molar-refractivity contribution in [2.45, 2.75) is 45.6 Å². The van der Waals surface area contributed by atoms with Crippen LogP contribution in [0.1, 0.15) is 40.0 Å². The minimum atomic E-state index is -1.08. The van der Waals surface area contributed by atoms with Crippen LogP contribution in [0, 0.1) is 5.41 Å². The summed E-state index contributed by atoms with van der Waals surface area (Å²) >= 11 is 6.04. The Morgan fingerprint density at radius 1 is 1.33 bits per heavy atom. The summed E-state index contributed by atoms with van der Waals surface area (Å²) in [5.74, 6) is -0.284. The van der Waals surface area contributed by atoms with Gasteiger partial charge in [-0.2, -0.15) is 4.80 Å². The van der Waals surface area contributed by atoms with E-state index in [1.54, 1.807) is 16.9 Å². The predicted molar refractivity (Wildman–Crippen MR) is 105 cm³/mol. The van der Waals surface area contributed by atoms with Gasteiger partial charge in [-0.3, -0.25) is 4.79 Å². The topological polar surface area (TPSA) is 77.2 Å². The molecule has 1 N–H and O–H groups in total. The number of aromatic nitrogens is 3. The molecule has 0 fully saturated rings. The largest absolute Gasteiger partial charge is 0.469 e. The molecule has 0 aliphatic heterocycles. The number of hydrogen-bond donors (Lipinski definition) is 1. The van der Waals surface area contributed by atoms with Crippen molar-refractivity contribution in [1.82, 2.24) is 15.0 Å². The first-order chi connectivity index (χ1) is 12.6. The molecule has 0 radical (unpaired) electrons. The summed E-state index contributed by atoms with van der Waals surface area (Å²) in [7, 11) is 1.37. The quantitative estimate of drug-likeness (QED) is 0.800. The van der Waals surface area contributed by atoms with Crippen LogP contribution in [0.3, 0.4) is 0 Å². The van der Waals surface area contributed by atoms with E-state index in [9.17, 15) is 9.90 Å². The van der Waals surface area contributed by atoms with E-state index in [1.807, 2.05) is 39.0 Å². The first kappa shape index (κ1) is 19.6. The molecule has 0 spiro atoms. The molecule has 144 valence electrons. The van der Waals surface area contributed by atoms with Crippen LogP contribution in [-0.4, -0.2) is 38.8 Å². The van der Waals surface area contributed by atoms with Crippen LogP contribution in [0.5, 0.6) is 0 Å². The number of carbonyl (C=O) groups is 1. The van der Waals surface area contributed by atoms with Gasteiger partial charge >= 0.3 is 5.97 Å². The van der Waals surface area contributed by atoms with Crippen molar-refractivity contribution in [2.75, 3.05) is 7.11 Å². The van der Waals surface area contributed by atoms with E-state index < -0.39 is 11.0 Å². The number of rotatable bonds is 4. The van der Waals surface area contributed by atoms with Gasteiger partial charge in [-0.1, -0.05) is 32.4 Å². The Balaban J connectivity index is 2.00. The molecule has 2 aromatic rings. The van der Waals surface area contributed by atoms with Gasteiger partial charge in [0, 0.05) is 17.9 Å². The van der Waals surface area contributed by atoms with Crippen molar-refractivity contribution in [1.29, 1.82) is 0 Å². The average molecular weight is 390 g/mol. The van der Waals surface area contributed by atoms with Gasteiger partial charge in [0.15, 0.2) is 0 Å². The van der Waals surface area contributed by atoms with Gasteiger partial charge in [0.1, 0.15) is 11.0 Å². The van der Waals surface area contributed by atoms with Crippen LogP contribution in [0.15, 0.2) is 35.9 Å². The van der Waals surface area contributed by atoms with Crippen LogP contribution in [-0.2, 0) is 9.53 Å². The predicted octanol–water partition coefficient (Wildman–Crippen LogP) is 3.99. The van der Waals surface area contributed by atoms with Crippen LogP contribution >= 0.6 is 11.6 Å². The SMILES string of the molecule is COC(=O)CCC1=CC(O)(C(C)(C)C)CC(n2nc3ccc(Cl)cc3n2)=C1. The minimum Gasteiger partial charge on any atom is -0.469 e. The molecule has 3 rings (SSSR count). The van der Waals surface area contributed by atoms with E-state index in [0.717, 1.165) is 16.8 Å². The number of carbonyl (C=O) groups excluding carboxylic acids is 1. The van der Waals surface area contributed by atoms with Crippen molar-refractivity contribution in [3.05, 3.63) is 40.9 Å². The zero-order chi connectivity index (χ0) is 19.8. The lowest BCUT2D eigenvalue weighted by molar-refractivity contribution is -0.140. The molecule has 1 aliphatic carbocycles. The lowest BCUT2D eigenvalue weighted by atomic mass is 9.70. The van der Waals surface area contributed by atoms with Gasteiger partial charge in [0.05, 0.1) is 18.4 Å². The molecule has 0 saturated carbocycles. The van der Waals surface area contributed by atoms with E-state index in [1.165, 1.54) is 7.11 Å². The first-order valence-corrected chi connectivity index (χ1v) is 9.23. The third-order valence-electron chi connectivity index (χ3n) is 4.97. The van der Waals surface area contributed by atoms with Gasteiger partial charge in [0.25, 0.3) is 0 Å². The molecule has 0 saturated heterocycles. The molecule has 0 bridgehead atoms. The summed E-state index contributed by atoms with van der Waals surface area (Å²) in [5, 5.41) is 21.0. The number of benzene rings is 1. The molecule has 1 heterocycles. The molecule has 1 aromatic carbocycles. The smallest absolute Gasteiger partial charge is 0.305 e. The number of ether oxygens (including phenoxy) is 1. The maximum atomic E-state index is 11.5. The standard InChI is InChI=1S/C20H24ClN3O3/c1-19(2,3)20(26)11-13(5-8-18(25)27-4)9-15(12-20)24-22-16-7-6-14(21)10-17(16)23-24/h6-7,9-11,26H,5,8,12H2,1-4H3. The Morgan fingerprint density at radius 3 is 2.70 bits per heavy atom. The first-order valence-electron chi connectivity index (χ1n) is 8.86. The van der Waals surface area contributed by atoms with Crippen molar-refractivity contribution in [2.24, 2.45) is 5.41 Å². The van der Waals surface area contributed by atoms with Gasteiger partial charge in [-0.15, -0.1) is 10.2 Å². The fraction of sp³-hybridized carbons (Fsp3) is 0.450. The van der Waals surface area contributed by atoms with Crippen LogP contribution in [0.25, 0.3) is 16.7 Å². The Bertz CT molecular complexity index is 940. The molecule has 1 atom stereocenters. The Labute approximate surface area is 163 Å². The zero-order valence-electron chi connectivity index (χ0n) is 16.0. The zero-order valence-corrected chi connectivity index (χ0v) is 16.7. The monoisotopic (exact) mass is 389 g/mol. The molecular weight excluding hydrogens is 366 g/mol. The second kappa shape index (κ2) is 7.09. The molecule has 1 unspecified atom stereocenters. The summed E-state index contributed by atoms with van der Waals surface area (Å²) in [6.07, 6.45) is 4.87. The maximum absolute atomic E-state index is 11.5. The van der Waals surface area contributed by atoms with E-state index in [2.05, 4.69) is 10.2 Å². The molecule has 7 heteroatoms. The number of methoxy groups -OCH3 is 1. The third-order valence-corrected chi connectivity index (χ3v) is 5.21. The number of halogens is 1. The number of nitrogens with zero attached hydrogens (tertiary/aromatic N) is 3. The molecule has 27 heavy (non-hydrogen) atoms. The fourth-order valence-electron chi connectivity index (χ4n) is 3.06. The van der Waals surface area contributed by atoms with Crippen LogP contribution in [0.2, 0.25) is 5.02 Å². The van der Waals surface area contributed by atoms with Crippen LogP contribution < -0.4 is 0 Å². The summed E-state index contributed by atoms with van der Waals surface area (Å²) < 4.78 is 4.73. The summed E-state index contributed by atoms with van der Waals surface area (Å²) in [4.78, 5) is 13.1. The van der Waals surface area contributed by atoms with Gasteiger partial charge < -0.3 is 9.84 Å². The third kappa shape index (κ3) is 4.06. The second-order valence-corrected chi connectivity index (χ2v) is 8.34. The molecule has 1 aliphatic rings. The number of hydrogen-bond acceptors (Lipinski definition) is 5. The average Bonchev–Trinajstić information content (AvgIpc) is 3.01. The van der Waals surface area contributed by atoms with E-state index >= 15 is 0 Å². The molecule has 0 amide bonds. The lowest BCUT2D eigenvalue weighted by Gasteiger charge is -2.41. The highest BCUT2D eigenvalue weighted by Gasteiger charge is 2.41. The van der Waals surface area contributed by atoms with E-state index in [0.29, 0.717) is 23.4 Å². The highest BCUT2D eigenvalue weighted by molar-refractivity contribution is 6.31. The lowest BCUT2D eigenvalue weighted by Crippen LogP contribution is -2.43. The molecule has 6 nitrogen and oxygen atoms in total. The Morgan fingerprint density at radius 2 is 2.04 bits per heavy atom. The molecular formula is C20H24ClN3O3. The second-order valence-electron chi connectivity index (χ2n) is 7.90. The van der Waals surface area contributed by atoms with Gasteiger partial charge in [0.2, 0.25) is 0 Å². The van der Waals surface area contributed by atoms with Crippen molar-refractivity contribution in [3.8, 4) is 0 Å². The van der Waals surface area contributed by atoms with Gasteiger partial charge in [-0.25, -0.2) is 0 Å². The number of allylic oxidation sites excluding steroid dienone is 2. The van der Waals surface area contributed by atoms with E-state index in [4.69, 9.17) is 16.3 Å². The van der Waals surface area contributed by atoms with Crippen molar-refractivity contribution >= 4 is 34.3 Å². The van der Waals surface area contributed by atoms with Gasteiger partial charge in [-0.05, 0) is 47.8 Å².